The first-order valence-electron chi connectivity index (χ1n) is 9.59. The van der Waals surface area contributed by atoms with Crippen molar-refractivity contribution in [1.82, 2.24) is 9.80 Å². The molecule has 1 atom stereocenters. The number of aryl methyl sites for hydroxylation is 2. The van der Waals surface area contributed by atoms with Gasteiger partial charge >= 0.3 is 0 Å². The SMILES string of the molecule is Cc1ccc(C)c(NC(=O)C(c2ccccc2)N2CCN(CCO)CC2)c1. The molecule has 1 amide bonds. The Balaban J connectivity index is 1.80. The quantitative estimate of drug-likeness (QED) is 0.824. The Morgan fingerprint density at radius 2 is 1.78 bits per heavy atom. The fourth-order valence-electron chi connectivity index (χ4n) is 3.62. The number of β-amino-alcohol motifs (C(OH)–C–C–N with tert-alkyl or cyclic N) is 1. The molecule has 1 fully saturated rings. The summed E-state index contributed by atoms with van der Waals surface area (Å²) in [5, 5.41) is 12.3. The highest BCUT2D eigenvalue weighted by Crippen LogP contribution is 2.25. The highest BCUT2D eigenvalue weighted by molar-refractivity contribution is 5.96. The number of anilines is 1. The number of rotatable bonds is 6. The van der Waals surface area contributed by atoms with Gasteiger partial charge in [-0.05, 0) is 36.6 Å². The third-order valence-electron chi connectivity index (χ3n) is 5.20. The molecule has 3 rings (SSSR count). The molecular formula is C22H29N3O2. The minimum Gasteiger partial charge on any atom is -0.395 e. The van der Waals surface area contributed by atoms with Gasteiger partial charge in [0.05, 0.1) is 6.61 Å². The number of nitrogens with one attached hydrogen (secondary N) is 1. The van der Waals surface area contributed by atoms with E-state index < -0.39 is 0 Å². The van der Waals surface area contributed by atoms with Crippen LogP contribution in [0.3, 0.4) is 0 Å². The monoisotopic (exact) mass is 367 g/mol. The highest BCUT2D eigenvalue weighted by Gasteiger charge is 2.30. The summed E-state index contributed by atoms with van der Waals surface area (Å²) in [6.07, 6.45) is 0. The normalized spacial score (nSPS) is 16.9. The summed E-state index contributed by atoms with van der Waals surface area (Å²) in [6, 6.07) is 15.8. The fourth-order valence-corrected chi connectivity index (χ4v) is 3.62. The van der Waals surface area contributed by atoms with Gasteiger partial charge in [0, 0.05) is 38.4 Å². The molecule has 144 valence electrons. The van der Waals surface area contributed by atoms with Crippen LogP contribution in [0.1, 0.15) is 22.7 Å². The van der Waals surface area contributed by atoms with E-state index in [0.717, 1.165) is 48.6 Å². The van der Waals surface area contributed by atoms with Crippen LogP contribution in [-0.2, 0) is 4.79 Å². The van der Waals surface area contributed by atoms with Gasteiger partial charge in [0.15, 0.2) is 0 Å². The van der Waals surface area contributed by atoms with Crippen molar-refractivity contribution in [2.75, 3.05) is 44.6 Å². The predicted octanol–water partition coefficient (Wildman–Crippen LogP) is 2.59. The number of carbonyl (C=O) groups is 1. The summed E-state index contributed by atoms with van der Waals surface area (Å²) in [5.74, 6) is 0.00510. The van der Waals surface area contributed by atoms with Crippen molar-refractivity contribution < 1.29 is 9.90 Å². The predicted molar refractivity (Wildman–Crippen MR) is 109 cm³/mol. The molecule has 1 unspecified atom stereocenters. The second kappa shape index (κ2) is 9.13. The summed E-state index contributed by atoms with van der Waals surface area (Å²) in [5.41, 5.74) is 4.08. The summed E-state index contributed by atoms with van der Waals surface area (Å²) >= 11 is 0. The first-order chi connectivity index (χ1) is 13.1. The lowest BCUT2D eigenvalue weighted by atomic mass is 10.0. The van der Waals surface area contributed by atoms with Gasteiger partial charge in [0.25, 0.3) is 0 Å². The molecule has 1 aliphatic rings. The molecule has 0 saturated carbocycles. The van der Waals surface area contributed by atoms with E-state index in [-0.39, 0.29) is 18.6 Å². The maximum Gasteiger partial charge on any atom is 0.246 e. The smallest absolute Gasteiger partial charge is 0.246 e. The third kappa shape index (κ3) is 4.95. The van der Waals surface area contributed by atoms with Crippen molar-refractivity contribution in [2.24, 2.45) is 0 Å². The van der Waals surface area contributed by atoms with Crippen LogP contribution >= 0.6 is 0 Å². The summed E-state index contributed by atoms with van der Waals surface area (Å²) in [7, 11) is 0. The number of carbonyl (C=O) groups excluding carboxylic acids is 1. The number of benzene rings is 2. The van der Waals surface area contributed by atoms with Crippen LogP contribution in [0.15, 0.2) is 48.5 Å². The van der Waals surface area contributed by atoms with Gasteiger partial charge in [0.1, 0.15) is 6.04 Å². The van der Waals surface area contributed by atoms with E-state index in [0.29, 0.717) is 6.54 Å². The van der Waals surface area contributed by atoms with Crippen molar-refractivity contribution in [3.63, 3.8) is 0 Å². The Labute approximate surface area is 161 Å². The van der Waals surface area contributed by atoms with E-state index in [1.165, 1.54) is 0 Å². The molecule has 2 aromatic carbocycles. The lowest BCUT2D eigenvalue weighted by Gasteiger charge is -2.38. The summed E-state index contributed by atoms with van der Waals surface area (Å²) < 4.78 is 0. The van der Waals surface area contributed by atoms with Crippen LogP contribution in [0.2, 0.25) is 0 Å². The second-order valence-electron chi connectivity index (χ2n) is 7.22. The molecule has 0 aliphatic carbocycles. The van der Waals surface area contributed by atoms with Gasteiger partial charge in [-0.3, -0.25) is 14.6 Å². The van der Waals surface area contributed by atoms with E-state index in [1.807, 2.05) is 56.3 Å². The molecule has 1 saturated heterocycles. The van der Waals surface area contributed by atoms with Gasteiger partial charge < -0.3 is 10.4 Å². The average Bonchev–Trinajstić information content (AvgIpc) is 2.67. The first kappa shape index (κ1) is 19.5. The zero-order valence-corrected chi connectivity index (χ0v) is 16.2. The van der Waals surface area contributed by atoms with E-state index in [1.54, 1.807) is 0 Å². The topological polar surface area (TPSA) is 55.8 Å². The molecule has 1 heterocycles. The molecule has 0 radical (unpaired) electrons. The first-order valence-corrected chi connectivity index (χ1v) is 9.59. The zero-order valence-electron chi connectivity index (χ0n) is 16.2. The minimum atomic E-state index is -0.317. The standard InChI is InChI=1S/C22H29N3O2/c1-17-8-9-18(2)20(16-17)23-22(27)21(19-6-4-3-5-7-19)25-12-10-24(11-13-25)14-15-26/h3-9,16,21,26H,10-15H2,1-2H3,(H,23,27). The molecule has 0 aromatic heterocycles. The fraction of sp³-hybridized carbons (Fsp3) is 0.409. The van der Waals surface area contributed by atoms with Crippen LogP contribution in [0.5, 0.6) is 0 Å². The van der Waals surface area contributed by atoms with Crippen molar-refractivity contribution in [1.29, 1.82) is 0 Å². The van der Waals surface area contributed by atoms with Crippen molar-refractivity contribution >= 4 is 11.6 Å². The summed E-state index contributed by atoms with van der Waals surface area (Å²) in [4.78, 5) is 17.8. The number of nitrogens with zero attached hydrogens (tertiary/aromatic N) is 2. The highest BCUT2D eigenvalue weighted by atomic mass is 16.3. The number of aliphatic hydroxyl groups is 1. The molecule has 1 aliphatic heterocycles. The van der Waals surface area contributed by atoms with E-state index in [9.17, 15) is 4.79 Å². The van der Waals surface area contributed by atoms with Crippen LogP contribution in [0, 0.1) is 13.8 Å². The molecule has 27 heavy (non-hydrogen) atoms. The molecule has 2 N–H and O–H groups in total. The van der Waals surface area contributed by atoms with E-state index in [2.05, 4.69) is 21.2 Å². The maximum atomic E-state index is 13.3. The van der Waals surface area contributed by atoms with Gasteiger partial charge in [-0.1, -0.05) is 42.5 Å². The molecule has 2 aromatic rings. The van der Waals surface area contributed by atoms with E-state index >= 15 is 0 Å². The van der Waals surface area contributed by atoms with Crippen LogP contribution in [0.4, 0.5) is 5.69 Å². The van der Waals surface area contributed by atoms with Crippen LogP contribution in [0.25, 0.3) is 0 Å². The number of piperazine rings is 1. The number of hydrogen-bond donors (Lipinski definition) is 2. The third-order valence-corrected chi connectivity index (χ3v) is 5.20. The number of hydrogen-bond acceptors (Lipinski definition) is 4. The molecule has 0 bridgehead atoms. The maximum absolute atomic E-state index is 13.3. The number of amides is 1. The lowest BCUT2D eigenvalue weighted by Crippen LogP contribution is -2.50. The van der Waals surface area contributed by atoms with Crippen molar-refractivity contribution in [3.8, 4) is 0 Å². The van der Waals surface area contributed by atoms with E-state index in [4.69, 9.17) is 5.11 Å². The Bertz CT molecular complexity index is 755. The average molecular weight is 367 g/mol. The Kier molecular flexibility index (Phi) is 6.61. The molecule has 5 nitrogen and oxygen atoms in total. The second-order valence-corrected chi connectivity index (χ2v) is 7.22. The lowest BCUT2D eigenvalue weighted by molar-refractivity contribution is -0.122. The molecular weight excluding hydrogens is 338 g/mol. The van der Waals surface area contributed by atoms with Crippen molar-refractivity contribution in [3.05, 3.63) is 65.2 Å². The zero-order chi connectivity index (χ0) is 19.2. The summed E-state index contributed by atoms with van der Waals surface area (Å²) in [6.45, 7) is 8.25. The molecule has 0 spiro atoms. The Morgan fingerprint density at radius 1 is 1.07 bits per heavy atom. The van der Waals surface area contributed by atoms with Gasteiger partial charge in [-0.2, -0.15) is 0 Å². The Hall–Kier alpha value is -2.21. The minimum absolute atomic E-state index is 0.00510. The van der Waals surface area contributed by atoms with Gasteiger partial charge in [-0.25, -0.2) is 0 Å². The van der Waals surface area contributed by atoms with Crippen molar-refractivity contribution in [2.45, 2.75) is 19.9 Å². The van der Waals surface area contributed by atoms with Gasteiger partial charge in [-0.15, -0.1) is 0 Å². The largest absolute Gasteiger partial charge is 0.395 e. The molecule has 5 heteroatoms. The van der Waals surface area contributed by atoms with Crippen LogP contribution < -0.4 is 5.32 Å². The number of aliphatic hydroxyl groups excluding tert-OH is 1. The van der Waals surface area contributed by atoms with Crippen LogP contribution in [-0.4, -0.2) is 60.1 Å². The Morgan fingerprint density at radius 3 is 2.44 bits per heavy atom. The van der Waals surface area contributed by atoms with Gasteiger partial charge in [0.2, 0.25) is 5.91 Å².